The summed E-state index contributed by atoms with van der Waals surface area (Å²) in [7, 11) is 1.91. The van der Waals surface area contributed by atoms with Crippen LogP contribution in [-0.2, 0) is 4.79 Å². The minimum Gasteiger partial charge on any atom is -0.481 e. The highest BCUT2D eigenvalue weighted by molar-refractivity contribution is 6.01. The van der Waals surface area contributed by atoms with Crippen LogP contribution < -0.4 is 0 Å². The number of hydrogen-bond acceptors (Lipinski definition) is 3. The molecule has 2 aromatic rings. The molecule has 2 saturated heterocycles. The Morgan fingerprint density at radius 1 is 1.04 bits per heavy atom. The largest absolute Gasteiger partial charge is 0.481 e. The van der Waals surface area contributed by atoms with Gasteiger partial charge in [-0.1, -0.05) is 36.4 Å². The van der Waals surface area contributed by atoms with Crippen LogP contribution in [0.3, 0.4) is 0 Å². The van der Waals surface area contributed by atoms with Crippen LogP contribution in [0.1, 0.15) is 10.4 Å². The lowest BCUT2D eigenvalue weighted by molar-refractivity contribution is -0.148. The molecule has 0 radical (unpaired) electrons. The van der Waals surface area contributed by atoms with Crippen molar-refractivity contribution in [3.05, 3.63) is 59.9 Å². The number of carboxylic acid groups (broad SMARTS) is 1. The van der Waals surface area contributed by atoms with Gasteiger partial charge in [-0.15, -0.1) is 0 Å². The van der Waals surface area contributed by atoms with E-state index in [1.54, 1.807) is 47.4 Å². The molecule has 2 aliphatic heterocycles. The molecule has 2 fully saturated rings. The summed E-state index contributed by atoms with van der Waals surface area (Å²) < 4.78 is 14.3. The maximum Gasteiger partial charge on any atom is 0.313 e. The van der Waals surface area contributed by atoms with Crippen LogP contribution in [0.15, 0.2) is 48.5 Å². The van der Waals surface area contributed by atoms with E-state index in [1.165, 1.54) is 6.07 Å². The summed E-state index contributed by atoms with van der Waals surface area (Å²) in [5.74, 6) is -1.58. The Balaban J connectivity index is 1.68. The van der Waals surface area contributed by atoms with Gasteiger partial charge in [0.1, 0.15) is 11.2 Å². The van der Waals surface area contributed by atoms with E-state index in [2.05, 4.69) is 0 Å². The lowest BCUT2D eigenvalue weighted by Gasteiger charge is -2.24. The van der Waals surface area contributed by atoms with Crippen LogP contribution >= 0.6 is 0 Å². The van der Waals surface area contributed by atoms with Crippen molar-refractivity contribution in [3.8, 4) is 11.1 Å². The first kappa shape index (κ1) is 17.7. The van der Waals surface area contributed by atoms with Crippen molar-refractivity contribution >= 4 is 11.9 Å². The minimum absolute atomic E-state index is 0.0930. The molecule has 5 nitrogen and oxygen atoms in total. The number of carboxylic acids is 1. The molecule has 2 aliphatic rings. The summed E-state index contributed by atoms with van der Waals surface area (Å²) in [5.41, 5.74) is 0.376. The SMILES string of the molecule is CN1C[C@H]2CN(C(=O)c3ccccc3-c3ccccc3F)C[C@@]2(C(=O)O)C1. The van der Waals surface area contributed by atoms with Crippen molar-refractivity contribution in [2.45, 2.75) is 0 Å². The number of aliphatic carboxylic acids is 1. The van der Waals surface area contributed by atoms with Gasteiger partial charge >= 0.3 is 5.97 Å². The Bertz CT molecular complexity index is 916. The highest BCUT2D eigenvalue weighted by Crippen LogP contribution is 2.43. The zero-order chi connectivity index (χ0) is 19.2. The van der Waals surface area contributed by atoms with Crippen LogP contribution in [0, 0.1) is 17.2 Å². The molecular formula is C21H21FN2O3. The Kier molecular flexibility index (Phi) is 4.23. The van der Waals surface area contributed by atoms with Crippen molar-refractivity contribution < 1.29 is 19.1 Å². The first-order valence-electron chi connectivity index (χ1n) is 8.97. The predicted octanol–water partition coefficient (Wildman–Crippen LogP) is 2.58. The second kappa shape index (κ2) is 6.46. The van der Waals surface area contributed by atoms with Gasteiger partial charge < -0.3 is 14.9 Å². The Hall–Kier alpha value is -2.73. The highest BCUT2D eigenvalue weighted by atomic mass is 19.1. The van der Waals surface area contributed by atoms with Gasteiger partial charge in [0.15, 0.2) is 0 Å². The van der Waals surface area contributed by atoms with Crippen LogP contribution in [0.25, 0.3) is 11.1 Å². The summed E-state index contributed by atoms with van der Waals surface area (Å²) in [5, 5.41) is 9.82. The summed E-state index contributed by atoms with van der Waals surface area (Å²) in [6.07, 6.45) is 0. The molecule has 1 N–H and O–H groups in total. The van der Waals surface area contributed by atoms with E-state index in [1.807, 2.05) is 11.9 Å². The van der Waals surface area contributed by atoms with E-state index in [4.69, 9.17) is 0 Å². The molecule has 6 heteroatoms. The number of benzene rings is 2. The van der Waals surface area contributed by atoms with Gasteiger partial charge in [-0.2, -0.15) is 0 Å². The standard InChI is InChI=1S/C21H21FN2O3/c1-23-10-14-11-24(13-21(14,12-23)20(26)27)19(25)17-8-3-2-6-15(17)16-7-4-5-9-18(16)22/h2-9,14H,10-13H2,1H3,(H,26,27)/t14-,21-/m0/s1. The van der Waals surface area contributed by atoms with Gasteiger partial charge in [-0.25, -0.2) is 4.39 Å². The fraction of sp³-hybridized carbons (Fsp3) is 0.333. The number of hydrogen-bond donors (Lipinski definition) is 1. The monoisotopic (exact) mass is 368 g/mol. The van der Waals surface area contributed by atoms with Gasteiger partial charge in [0.2, 0.25) is 0 Å². The second-order valence-corrected chi connectivity index (χ2v) is 7.57. The molecule has 0 unspecified atom stereocenters. The van der Waals surface area contributed by atoms with Gasteiger partial charge in [0.05, 0.1) is 0 Å². The third kappa shape index (κ3) is 2.80. The maximum atomic E-state index is 14.3. The first-order chi connectivity index (χ1) is 12.9. The summed E-state index contributed by atoms with van der Waals surface area (Å²) in [6, 6.07) is 13.3. The molecule has 0 spiro atoms. The molecule has 4 rings (SSSR count). The minimum atomic E-state index is -0.919. The molecule has 140 valence electrons. The van der Waals surface area contributed by atoms with E-state index in [0.29, 0.717) is 36.3 Å². The van der Waals surface area contributed by atoms with Crippen LogP contribution in [0.4, 0.5) is 4.39 Å². The average Bonchev–Trinajstić information content (AvgIpc) is 3.15. The fourth-order valence-corrected chi connectivity index (χ4v) is 4.53. The summed E-state index contributed by atoms with van der Waals surface area (Å²) in [6.45, 7) is 1.68. The maximum absolute atomic E-state index is 14.3. The molecule has 1 amide bonds. The number of fused-ring (bicyclic) bond motifs is 1. The van der Waals surface area contributed by atoms with Crippen LogP contribution in [-0.4, -0.2) is 60.0 Å². The number of likely N-dealkylation sites (tertiary alicyclic amines) is 2. The van der Waals surface area contributed by atoms with Gasteiger partial charge in [0.25, 0.3) is 5.91 Å². The second-order valence-electron chi connectivity index (χ2n) is 7.57. The molecule has 2 atom stereocenters. The molecule has 0 aliphatic carbocycles. The molecule has 0 bridgehead atoms. The zero-order valence-electron chi connectivity index (χ0n) is 15.1. The van der Waals surface area contributed by atoms with E-state index in [9.17, 15) is 19.1 Å². The molecule has 2 heterocycles. The summed E-state index contributed by atoms with van der Waals surface area (Å²) in [4.78, 5) is 28.8. The van der Waals surface area contributed by atoms with E-state index in [-0.39, 0.29) is 24.2 Å². The Morgan fingerprint density at radius 3 is 2.37 bits per heavy atom. The highest BCUT2D eigenvalue weighted by Gasteiger charge is 2.57. The van der Waals surface area contributed by atoms with E-state index >= 15 is 0 Å². The Morgan fingerprint density at radius 2 is 1.70 bits per heavy atom. The van der Waals surface area contributed by atoms with Crippen molar-refractivity contribution in [1.29, 1.82) is 0 Å². The topological polar surface area (TPSA) is 60.9 Å². The molecular weight excluding hydrogens is 347 g/mol. The Labute approximate surface area is 157 Å². The molecule has 0 aromatic heterocycles. The number of rotatable bonds is 3. The lowest BCUT2D eigenvalue weighted by Crippen LogP contribution is -2.41. The third-order valence-corrected chi connectivity index (χ3v) is 5.81. The fourth-order valence-electron chi connectivity index (χ4n) is 4.53. The quantitative estimate of drug-likeness (QED) is 0.905. The number of carbonyl (C=O) groups excluding carboxylic acids is 1. The van der Waals surface area contributed by atoms with Crippen LogP contribution in [0.2, 0.25) is 0 Å². The number of halogens is 1. The van der Waals surface area contributed by atoms with Crippen molar-refractivity contribution in [2.75, 3.05) is 33.2 Å². The normalized spacial score (nSPS) is 24.8. The predicted molar refractivity (Wildman–Crippen MR) is 98.8 cm³/mol. The zero-order valence-corrected chi connectivity index (χ0v) is 15.1. The van der Waals surface area contributed by atoms with Crippen molar-refractivity contribution in [3.63, 3.8) is 0 Å². The lowest BCUT2D eigenvalue weighted by atomic mass is 9.81. The van der Waals surface area contributed by atoms with E-state index in [0.717, 1.165) is 0 Å². The van der Waals surface area contributed by atoms with Crippen molar-refractivity contribution in [2.24, 2.45) is 11.3 Å². The molecule has 0 saturated carbocycles. The first-order valence-corrected chi connectivity index (χ1v) is 8.97. The number of carbonyl (C=O) groups is 2. The van der Waals surface area contributed by atoms with E-state index < -0.39 is 11.4 Å². The number of nitrogens with zero attached hydrogens (tertiary/aromatic N) is 2. The average molecular weight is 368 g/mol. The van der Waals surface area contributed by atoms with Gasteiger partial charge in [-0.3, -0.25) is 9.59 Å². The number of amides is 1. The van der Waals surface area contributed by atoms with Gasteiger partial charge in [0, 0.05) is 43.2 Å². The molecule has 2 aromatic carbocycles. The van der Waals surface area contributed by atoms with Gasteiger partial charge in [-0.05, 0) is 24.7 Å². The van der Waals surface area contributed by atoms with Crippen LogP contribution in [0.5, 0.6) is 0 Å². The third-order valence-electron chi connectivity index (χ3n) is 5.81. The molecule has 27 heavy (non-hydrogen) atoms. The van der Waals surface area contributed by atoms with Crippen molar-refractivity contribution in [1.82, 2.24) is 9.80 Å². The summed E-state index contributed by atoms with van der Waals surface area (Å²) >= 11 is 0. The smallest absolute Gasteiger partial charge is 0.313 e.